The van der Waals surface area contributed by atoms with Crippen LogP contribution in [0.5, 0.6) is 0 Å². The largest absolute Gasteiger partial charge is 0.465 e. The molecule has 114 valence electrons. The molecule has 0 saturated carbocycles. The van der Waals surface area contributed by atoms with Crippen LogP contribution in [0.15, 0.2) is 42.6 Å². The molecule has 0 bridgehead atoms. The highest BCUT2D eigenvalue weighted by atomic mass is 16.5. The van der Waals surface area contributed by atoms with E-state index in [4.69, 9.17) is 10.5 Å². The lowest BCUT2D eigenvalue weighted by Crippen LogP contribution is -2.18. The zero-order valence-electron chi connectivity index (χ0n) is 12.6. The number of esters is 1. The topological polar surface area (TPSA) is 82.3 Å². The maximum absolute atomic E-state index is 11.5. The maximum Gasteiger partial charge on any atom is 0.337 e. The Morgan fingerprint density at radius 1 is 1.23 bits per heavy atom. The molecule has 0 aliphatic heterocycles. The van der Waals surface area contributed by atoms with Crippen molar-refractivity contribution < 1.29 is 14.3 Å². The zero-order chi connectivity index (χ0) is 16.1. The van der Waals surface area contributed by atoms with Crippen molar-refractivity contribution in [1.29, 1.82) is 0 Å². The van der Waals surface area contributed by atoms with Gasteiger partial charge < -0.3 is 10.5 Å². The van der Waals surface area contributed by atoms with Gasteiger partial charge in [0, 0.05) is 18.3 Å². The van der Waals surface area contributed by atoms with Crippen LogP contribution in [0.3, 0.4) is 0 Å². The molecule has 0 amide bonds. The van der Waals surface area contributed by atoms with E-state index in [0.717, 1.165) is 16.8 Å². The van der Waals surface area contributed by atoms with E-state index in [1.165, 1.54) is 14.0 Å². The average Bonchev–Trinajstić information content (AvgIpc) is 2.54. The predicted molar refractivity (Wildman–Crippen MR) is 82.4 cm³/mol. The van der Waals surface area contributed by atoms with Crippen LogP contribution < -0.4 is 5.73 Å². The van der Waals surface area contributed by atoms with Gasteiger partial charge in [-0.15, -0.1) is 0 Å². The first-order valence-corrected chi connectivity index (χ1v) is 6.89. The Balaban J connectivity index is 2.14. The second-order valence-corrected chi connectivity index (χ2v) is 5.03. The van der Waals surface area contributed by atoms with Crippen molar-refractivity contribution >= 4 is 11.8 Å². The van der Waals surface area contributed by atoms with Gasteiger partial charge in [-0.1, -0.05) is 24.3 Å². The molecule has 0 spiro atoms. The van der Waals surface area contributed by atoms with Gasteiger partial charge in [0.1, 0.15) is 0 Å². The van der Waals surface area contributed by atoms with E-state index in [9.17, 15) is 9.59 Å². The summed E-state index contributed by atoms with van der Waals surface area (Å²) in [7, 11) is 1.35. The summed E-state index contributed by atoms with van der Waals surface area (Å²) in [5.41, 5.74) is 8.85. The summed E-state index contributed by atoms with van der Waals surface area (Å²) in [5.74, 6) is -0.452. The van der Waals surface area contributed by atoms with Gasteiger partial charge in [-0.05, 0) is 30.2 Å². The number of ketones is 1. The Kier molecular flexibility index (Phi) is 5.01. The smallest absolute Gasteiger partial charge is 0.337 e. The van der Waals surface area contributed by atoms with Gasteiger partial charge >= 0.3 is 5.97 Å². The number of Topliss-reactive ketones (excluding diaryl/α,β-unsaturated/α-hetero) is 1. The minimum absolute atomic E-state index is 0.0693. The van der Waals surface area contributed by atoms with Crippen molar-refractivity contribution in [2.75, 3.05) is 7.11 Å². The van der Waals surface area contributed by atoms with E-state index >= 15 is 0 Å². The summed E-state index contributed by atoms with van der Waals surface area (Å²) in [4.78, 5) is 27.0. The van der Waals surface area contributed by atoms with Gasteiger partial charge in [0.15, 0.2) is 5.78 Å². The zero-order valence-corrected chi connectivity index (χ0v) is 12.6. The molecule has 2 N–H and O–H groups in total. The van der Waals surface area contributed by atoms with Crippen molar-refractivity contribution in [3.63, 3.8) is 0 Å². The number of ether oxygens (including phenoxy) is 1. The molecular formula is C17H18N2O3. The Morgan fingerprint density at radius 3 is 2.50 bits per heavy atom. The van der Waals surface area contributed by atoms with Gasteiger partial charge in [0.25, 0.3) is 0 Å². The van der Waals surface area contributed by atoms with Crippen molar-refractivity contribution in [3.8, 4) is 0 Å². The molecule has 5 nitrogen and oxygen atoms in total. The number of hydrogen-bond acceptors (Lipinski definition) is 5. The Hall–Kier alpha value is -2.53. The lowest BCUT2D eigenvalue weighted by atomic mass is 10.0. The first kappa shape index (κ1) is 15.9. The summed E-state index contributed by atoms with van der Waals surface area (Å²) in [6.45, 7) is 1.47. The number of nitrogens with two attached hydrogens (primary N) is 1. The van der Waals surface area contributed by atoms with Gasteiger partial charge in [-0.3, -0.25) is 9.78 Å². The number of benzene rings is 1. The standard InChI is InChI=1S/C17H18N2O3/c1-11(20)16(18)13-5-3-12(4-6-13)9-15-10-14(7-8-19-15)17(21)22-2/h3-8,10,16H,9,18H2,1-2H3. The van der Waals surface area contributed by atoms with Crippen LogP contribution in [0.4, 0.5) is 0 Å². The van der Waals surface area contributed by atoms with E-state index in [-0.39, 0.29) is 11.8 Å². The number of carbonyl (C=O) groups is 2. The molecule has 2 rings (SSSR count). The monoisotopic (exact) mass is 298 g/mol. The van der Waals surface area contributed by atoms with Crippen LogP contribution in [0.1, 0.15) is 40.1 Å². The van der Waals surface area contributed by atoms with Crippen molar-refractivity contribution in [1.82, 2.24) is 4.98 Å². The molecule has 1 heterocycles. The molecule has 0 aliphatic rings. The van der Waals surface area contributed by atoms with Crippen molar-refractivity contribution in [2.45, 2.75) is 19.4 Å². The van der Waals surface area contributed by atoms with Crippen LogP contribution in [-0.2, 0) is 16.0 Å². The fraction of sp³-hybridized carbons (Fsp3) is 0.235. The number of methoxy groups -OCH3 is 1. The SMILES string of the molecule is COC(=O)c1ccnc(Cc2ccc(C(N)C(C)=O)cc2)c1. The summed E-state index contributed by atoms with van der Waals surface area (Å²) in [5, 5.41) is 0. The molecule has 1 aromatic heterocycles. The third kappa shape index (κ3) is 3.77. The van der Waals surface area contributed by atoms with Gasteiger partial charge in [0.05, 0.1) is 18.7 Å². The highest BCUT2D eigenvalue weighted by Crippen LogP contribution is 2.15. The first-order valence-electron chi connectivity index (χ1n) is 6.89. The van der Waals surface area contributed by atoms with E-state index in [2.05, 4.69) is 4.98 Å². The summed E-state index contributed by atoms with van der Waals surface area (Å²) >= 11 is 0. The number of carbonyl (C=O) groups excluding carboxylic acids is 2. The fourth-order valence-electron chi connectivity index (χ4n) is 2.11. The van der Waals surface area contributed by atoms with Crippen LogP contribution >= 0.6 is 0 Å². The second-order valence-electron chi connectivity index (χ2n) is 5.03. The van der Waals surface area contributed by atoms with Crippen molar-refractivity contribution in [3.05, 3.63) is 65.0 Å². The summed E-state index contributed by atoms with van der Waals surface area (Å²) in [6.07, 6.45) is 2.17. The molecule has 1 aromatic carbocycles. The number of hydrogen-bond donors (Lipinski definition) is 1. The van der Waals surface area contributed by atoms with Crippen LogP contribution in [0.2, 0.25) is 0 Å². The molecule has 1 unspecified atom stereocenters. The maximum atomic E-state index is 11.5. The third-order valence-electron chi connectivity index (χ3n) is 3.40. The molecule has 22 heavy (non-hydrogen) atoms. The molecule has 0 saturated heterocycles. The second kappa shape index (κ2) is 6.95. The number of nitrogens with zero attached hydrogens (tertiary/aromatic N) is 1. The van der Waals surface area contributed by atoms with Crippen LogP contribution in [0.25, 0.3) is 0 Å². The van der Waals surface area contributed by atoms with Gasteiger partial charge in [-0.25, -0.2) is 4.79 Å². The molecule has 0 fully saturated rings. The van der Waals surface area contributed by atoms with Crippen molar-refractivity contribution in [2.24, 2.45) is 5.73 Å². The fourth-order valence-corrected chi connectivity index (χ4v) is 2.11. The summed E-state index contributed by atoms with van der Waals surface area (Å²) < 4.78 is 4.69. The van der Waals surface area contributed by atoms with E-state index in [1.54, 1.807) is 18.3 Å². The normalized spacial score (nSPS) is 11.8. The Morgan fingerprint density at radius 2 is 1.91 bits per heavy atom. The third-order valence-corrected chi connectivity index (χ3v) is 3.40. The van der Waals surface area contributed by atoms with E-state index in [0.29, 0.717) is 12.0 Å². The number of aromatic nitrogens is 1. The molecule has 2 aromatic rings. The molecule has 1 atom stereocenters. The quantitative estimate of drug-likeness (QED) is 0.854. The highest BCUT2D eigenvalue weighted by molar-refractivity contribution is 5.89. The van der Waals surface area contributed by atoms with E-state index in [1.807, 2.05) is 24.3 Å². The molecule has 5 heteroatoms. The minimum atomic E-state index is -0.588. The number of rotatable bonds is 5. The van der Waals surface area contributed by atoms with Gasteiger partial charge in [0.2, 0.25) is 0 Å². The van der Waals surface area contributed by atoms with Gasteiger partial charge in [-0.2, -0.15) is 0 Å². The van der Waals surface area contributed by atoms with E-state index < -0.39 is 6.04 Å². The lowest BCUT2D eigenvalue weighted by molar-refractivity contribution is -0.118. The molecular weight excluding hydrogens is 280 g/mol. The minimum Gasteiger partial charge on any atom is -0.465 e. The van der Waals surface area contributed by atoms with Crippen LogP contribution in [0, 0.1) is 0 Å². The summed E-state index contributed by atoms with van der Waals surface area (Å²) in [6, 6.07) is 10.2. The Bertz CT molecular complexity index is 681. The predicted octanol–water partition coefficient (Wildman–Crippen LogP) is 2.05. The lowest BCUT2D eigenvalue weighted by Gasteiger charge is -2.09. The number of pyridine rings is 1. The average molecular weight is 298 g/mol. The molecule has 0 aliphatic carbocycles. The first-order chi connectivity index (χ1) is 10.5. The Labute approximate surface area is 129 Å². The van der Waals surface area contributed by atoms with Crippen LogP contribution in [-0.4, -0.2) is 23.8 Å². The highest BCUT2D eigenvalue weighted by Gasteiger charge is 2.11. The molecule has 0 radical (unpaired) electrons.